The molecule has 0 amide bonds. The van der Waals surface area contributed by atoms with Crippen LogP contribution in [0.25, 0.3) is 10.9 Å². The molecule has 3 rings (SSSR count). The largest absolute Gasteiger partial charge is 0.370 e. The lowest BCUT2D eigenvalue weighted by molar-refractivity contribution is 0.695. The highest BCUT2D eigenvalue weighted by Crippen LogP contribution is 2.18. The van der Waals surface area contributed by atoms with Gasteiger partial charge in [-0.3, -0.25) is 5.41 Å². The number of hydrogen-bond acceptors (Lipinski definition) is 4. The first-order valence-electron chi connectivity index (χ1n) is 7.58. The summed E-state index contributed by atoms with van der Waals surface area (Å²) in [5, 5.41) is 21.9. The molecule has 0 saturated carbocycles. The molecule has 6 nitrogen and oxygen atoms in total. The third-order valence-electron chi connectivity index (χ3n) is 4.19. The predicted octanol–water partition coefficient (Wildman–Crippen LogP) is 2.58. The fraction of sp³-hybridized carbons (Fsp3) is 0.235. The zero-order valence-electron chi connectivity index (χ0n) is 13.6. The van der Waals surface area contributed by atoms with Crippen LogP contribution in [-0.2, 0) is 20.5 Å². The molecule has 3 N–H and O–H groups in total. The highest BCUT2D eigenvalue weighted by atomic mass is 32.1. The van der Waals surface area contributed by atoms with Crippen molar-refractivity contribution < 1.29 is 0 Å². The molecular weight excluding hydrogens is 320 g/mol. The van der Waals surface area contributed by atoms with Crippen molar-refractivity contribution in [1.82, 2.24) is 14.1 Å². The van der Waals surface area contributed by atoms with Crippen molar-refractivity contribution in [3.8, 4) is 6.07 Å². The average molecular weight is 338 g/mol. The van der Waals surface area contributed by atoms with Gasteiger partial charge in [0.05, 0.1) is 0 Å². The summed E-state index contributed by atoms with van der Waals surface area (Å²) in [5.41, 5.74) is 2.75. The van der Waals surface area contributed by atoms with E-state index in [9.17, 15) is 5.26 Å². The zero-order chi connectivity index (χ0) is 17.3. The summed E-state index contributed by atoms with van der Waals surface area (Å²) >= 11 is 5.32. The first-order valence-corrected chi connectivity index (χ1v) is 7.99. The van der Waals surface area contributed by atoms with E-state index in [1.807, 2.05) is 24.4 Å². The summed E-state index contributed by atoms with van der Waals surface area (Å²) in [6.07, 6.45) is 2.81. The Morgan fingerprint density at radius 1 is 1.29 bits per heavy atom. The third-order valence-corrected chi connectivity index (χ3v) is 4.74. The van der Waals surface area contributed by atoms with Gasteiger partial charge >= 0.3 is 0 Å². The number of benzene rings is 1. The van der Waals surface area contributed by atoms with E-state index in [2.05, 4.69) is 22.4 Å². The molecular formula is C17H18N6S. The standard InChI is InChI=1S/C17H18N6S/c1-22-15(19)13(9-18)16(23(2)17(22)24)20-8-7-11-10-21-14-6-4-3-5-12(11)14/h3-6,10,19-21H,7-8H2,1-2H3. The van der Waals surface area contributed by atoms with Crippen LogP contribution in [-0.4, -0.2) is 20.7 Å². The lowest BCUT2D eigenvalue weighted by Gasteiger charge is -2.15. The molecule has 2 aromatic heterocycles. The van der Waals surface area contributed by atoms with Crippen molar-refractivity contribution in [3.05, 3.63) is 51.8 Å². The van der Waals surface area contributed by atoms with E-state index in [0.717, 1.165) is 11.9 Å². The van der Waals surface area contributed by atoms with Crippen molar-refractivity contribution in [2.75, 3.05) is 11.9 Å². The number of aromatic amines is 1. The quantitative estimate of drug-likeness (QED) is 0.639. The van der Waals surface area contributed by atoms with Crippen LogP contribution in [0.5, 0.6) is 0 Å². The second-order valence-electron chi connectivity index (χ2n) is 5.62. The lowest BCUT2D eigenvalue weighted by Crippen LogP contribution is -2.27. The van der Waals surface area contributed by atoms with Crippen molar-refractivity contribution in [2.24, 2.45) is 14.1 Å². The zero-order valence-corrected chi connectivity index (χ0v) is 14.4. The molecule has 7 heteroatoms. The molecule has 0 aliphatic heterocycles. The first-order chi connectivity index (χ1) is 11.5. The molecule has 1 aromatic carbocycles. The van der Waals surface area contributed by atoms with Crippen LogP contribution in [0.1, 0.15) is 11.1 Å². The molecule has 3 aromatic rings. The maximum Gasteiger partial charge on any atom is 0.182 e. The molecule has 0 aliphatic rings. The van der Waals surface area contributed by atoms with Crippen molar-refractivity contribution >= 4 is 28.9 Å². The number of hydrogen-bond donors (Lipinski definition) is 3. The number of H-pyrrole nitrogens is 1. The fourth-order valence-corrected chi connectivity index (χ4v) is 3.01. The van der Waals surface area contributed by atoms with Gasteiger partial charge in [-0.05, 0) is 30.3 Å². The van der Waals surface area contributed by atoms with E-state index >= 15 is 0 Å². The Hall–Kier alpha value is -2.85. The van der Waals surface area contributed by atoms with E-state index in [4.69, 9.17) is 17.6 Å². The number of aromatic nitrogens is 3. The van der Waals surface area contributed by atoms with Crippen molar-refractivity contribution in [2.45, 2.75) is 6.42 Å². The number of fused-ring (bicyclic) bond motifs is 1. The minimum absolute atomic E-state index is 0.121. The van der Waals surface area contributed by atoms with Gasteiger partial charge in [0, 0.05) is 37.7 Å². The Morgan fingerprint density at radius 2 is 2.04 bits per heavy atom. The Morgan fingerprint density at radius 3 is 2.79 bits per heavy atom. The molecule has 0 saturated heterocycles. The number of nitrogens with one attached hydrogen (secondary N) is 3. The number of para-hydroxylation sites is 1. The highest BCUT2D eigenvalue weighted by molar-refractivity contribution is 7.71. The van der Waals surface area contributed by atoms with Gasteiger partial charge < -0.3 is 19.4 Å². The molecule has 0 bridgehead atoms. The van der Waals surface area contributed by atoms with E-state index in [1.165, 1.54) is 15.5 Å². The Balaban J connectivity index is 1.87. The van der Waals surface area contributed by atoms with Gasteiger partial charge in [0.1, 0.15) is 22.9 Å². The molecule has 122 valence electrons. The summed E-state index contributed by atoms with van der Waals surface area (Å²) in [4.78, 5) is 3.26. The van der Waals surface area contributed by atoms with Gasteiger partial charge in [-0.15, -0.1) is 0 Å². The molecule has 0 spiro atoms. The average Bonchev–Trinajstić information content (AvgIpc) is 3.01. The van der Waals surface area contributed by atoms with E-state index in [0.29, 0.717) is 22.7 Å². The van der Waals surface area contributed by atoms with Crippen molar-refractivity contribution in [3.63, 3.8) is 0 Å². The van der Waals surface area contributed by atoms with Crippen LogP contribution in [0.2, 0.25) is 0 Å². The van der Waals surface area contributed by atoms with Gasteiger partial charge in [-0.2, -0.15) is 5.26 Å². The monoisotopic (exact) mass is 338 g/mol. The summed E-state index contributed by atoms with van der Waals surface area (Å²) in [6.45, 7) is 0.645. The molecule has 0 aliphatic carbocycles. The highest BCUT2D eigenvalue weighted by Gasteiger charge is 2.11. The second kappa shape index (κ2) is 6.34. The van der Waals surface area contributed by atoms with Crippen LogP contribution in [0.3, 0.4) is 0 Å². The van der Waals surface area contributed by atoms with Gasteiger partial charge in [0.15, 0.2) is 4.77 Å². The van der Waals surface area contributed by atoms with Crippen LogP contribution in [0.4, 0.5) is 5.82 Å². The number of nitrogens with zero attached hydrogens (tertiary/aromatic N) is 3. The maximum absolute atomic E-state index is 9.39. The first kappa shape index (κ1) is 16.0. The van der Waals surface area contributed by atoms with Crippen LogP contribution >= 0.6 is 12.2 Å². The second-order valence-corrected chi connectivity index (χ2v) is 5.99. The molecule has 2 heterocycles. The summed E-state index contributed by atoms with van der Waals surface area (Å²) in [5.74, 6) is 0.588. The predicted molar refractivity (Wildman–Crippen MR) is 96.3 cm³/mol. The number of anilines is 1. The summed E-state index contributed by atoms with van der Waals surface area (Å²) in [7, 11) is 3.50. The SMILES string of the molecule is Cn1c(NCCc2c[nH]c3ccccc23)c(C#N)c(=N)n(C)c1=S. The van der Waals surface area contributed by atoms with Crippen molar-refractivity contribution in [1.29, 1.82) is 10.7 Å². The van der Waals surface area contributed by atoms with Crippen LogP contribution in [0, 0.1) is 21.5 Å². The van der Waals surface area contributed by atoms with Gasteiger partial charge in [-0.25, -0.2) is 0 Å². The third kappa shape index (κ3) is 2.61. The van der Waals surface area contributed by atoms with E-state index < -0.39 is 0 Å². The van der Waals surface area contributed by atoms with Gasteiger partial charge in [0.2, 0.25) is 0 Å². The van der Waals surface area contributed by atoms with Gasteiger partial charge in [0.25, 0.3) is 0 Å². The van der Waals surface area contributed by atoms with Crippen LogP contribution in [0.15, 0.2) is 30.5 Å². The molecule has 0 atom stereocenters. The van der Waals surface area contributed by atoms with Gasteiger partial charge in [-0.1, -0.05) is 18.2 Å². The number of nitriles is 1. The fourth-order valence-electron chi connectivity index (χ4n) is 2.83. The molecule has 0 fully saturated rings. The lowest BCUT2D eigenvalue weighted by atomic mass is 10.1. The van der Waals surface area contributed by atoms with E-state index in [1.54, 1.807) is 18.7 Å². The smallest absolute Gasteiger partial charge is 0.182 e. The van der Waals surface area contributed by atoms with E-state index in [-0.39, 0.29) is 5.49 Å². The normalized spacial score (nSPS) is 10.7. The Labute approximate surface area is 144 Å². The topological polar surface area (TPSA) is 85.3 Å². The summed E-state index contributed by atoms with van der Waals surface area (Å²) in [6, 6.07) is 10.3. The minimum Gasteiger partial charge on any atom is -0.370 e. The Kier molecular flexibility index (Phi) is 4.23. The molecule has 0 unspecified atom stereocenters. The van der Waals surface area contributed by atoms with Crippen LogP contribution < -0.4 is 10.8 Å². The maximum atomic E-state index is 9.39. The molecule has 0 radical (unpaired) electrons. The summed E-state index contributed by atoms with van der Waals surface area (Å²) < 4.78 is 3.76. The minimum atomic E-state index is 0.121. The number of rotatable bonds is 4. The molecule has 24 heavy (non-hydrogen) atoms. The Bertz CT molecular complexity index is 1060.